The van der Waals surface area contributed by atoms with Gasteiger partial charge in [-0.25, -0.2) is 14.8 Å². The summed E-state index contributed by atoms with van der Waals surface area (Å²) in [6.45, 7) is 0. The van der Waals surface area contributed by atoms with E-state index in [1.165, 1.54) is 12.1 Å². The molecular weight excluding hydrogens is 314 g/mol. The van der Waals surface area contributed by atoms with Gasteiger partial charge in [-0.3, -0.25) is 0 Å². The number of carboxylic acids is 1. The largest absolute Gasteiger partial charge is 0.478 e. The Bertz CT molecular complexity index is 632. The quantitative estimate of drug-likeness (QED) is 0.868. The average molecular weight is 320 g/mol. The van der Waals surface area contributed by atoms with E-state index in [1.54, 1.807) is 0 Å². The smallest absolute Gasteiger partial charge is 0.338 e. The molecule has 0 unspecified atom stereocenters. The Morgan fingerprint density at radius 2 is 1.63 bits per heavy atom. The Balaban J connectivity index is 2.26. The lowest BCUT2D eigenvalue weighted by molar-refractivity contribution is 0.0696. The molecule has 1 aromatic carbocycles. The summed E-state index contributed by atoms with van der Waals surface area (Å²) in [6, 6.07) is 2.79. The van der Waals surface area contributed by atoms with Crippen LogP contribution in [0.5, 0.6) is 11.8 Å². The van der Waals surface area contributed by atoms with E-state index in [0.717, 1.165) is 12.4 Å². The molecule has 0 aliphatic rings. The average Bonchev–Trinajstić information content (AvgIpc) is 2.36. The van der Waals surface area contributed by atoms with Crippen molar-refractivity contribution < 1.29 is 14.6 Å². The van der Waals surface area contributed by atoms with Crippen LogP contribution in [-0.2, 0) is 0 Å². The van der Waals surface area contributed by atoms with Gasteiger partial charge in [-0.2, -0.15) is 0 Å². The summed E-state index contributed by atoms with van der Waals surface area (Å²) in [5.41, 5.74) is -0.0485. The summed E-state index contributed by atoms with van der Waals surface area (Å²) in [7, 11) is 0. The number of carbonyl (C=O) groups is 1. The fraction of sp³-hybridized carbons (Fsp3) is 0. The van der Waals surface area contributed by atoms with Gasteiger partial charge in [-0.1, -0.05) is 34.8 Å². The van der Waals surface area contributed by atoms with Gasteiger partial charge in [-0.05, 0) is 6.07 Å². The van der Waals surface area contributed by atoms with E-state index in [4.69, 9.17) is 44.6 Å². The van der Waals surface area contributed by atoms with Gasteiger partial charge in [-0.15, -0.1) is 0 Å². The minimum absolute atomic E-state index is 0.0485. The number of rotatable bonds is 3. The van der Waals surface area contributed by atoms with Gasteiger partial charge < -0.3 is 9.84 Å². The highest BCUT2D eigenvalue weighted by molar-refractivity contribution is 6.43. The van der Waals surface area contributed by atoms with Crippen molar-refractivity contribution in [2.24, 2.45) is 0 Å². The molecule has 8 heteroatoms. The molecule has 19 heavy (non-hydrogen) atoms. The van der Waals surface area contributed by atoms with Crippen molar-refractivity contribution in [2.45, 2.75) is 0 Å². The second-order valence-electron chi connectivity index (χ2n) is 3.36. The number of halogens is 3. The summed E-state index contributed by atoms with van der Waals surface area (Å²) >= 11 is 17.5. The van der Waals surface area contributed by atoms with Crippen LogP contribution in [0.4, 0.5) is 0 Å². The van der Waals surface area contributed by atoms with Crippen LogP contribution < -0.4 is 4.74 Å². The van der Waals surface area contributed by atoms with Crippen molar-refractivity contribution in [3.05, 3.63) is 45.2 Å². The van der Waals surface area contributed by atoms with Crippen LogP contribution in [0.15, 0.2) is 24.5 Å². The van der Waals surface area contributed by atoms with Gasteiger partial charge >= 0.3 is 12.0 Å². The highest BCUT2D eigenvalue weighted by Crippen LogP contribution is 2.35. The Hall–Kier alpha value is -1.56. The van der Waals surface area contributed by atoms with Crippen LogP contribution in [0, 0.1) is 0 Å². The topological polar surface area (TPSA) is 72.3 Å². The first-order valence-corrected chi connectivity index (χ1v) is 5.98. The standard InChI is InChI=1S/C11H5Cl3N2O3/c12-6-1-8(14)9(2-7(6)13)19-11-15-3-5(4-16-11)10(17)18/h1-4H,(H,17,18). The van der Waals surface area contributed by atoms with Gasteiger partial charge in [0.05, 0.1) is 20.6 Å². The van der Waals surface area contributed by atoms with Crippen LogP contribution in [0.1, 0.15) is 10.4 Å². The molecule has 0 bridgehead atoms. The van der Waals surface area contributed by atoms with Gasteiger partial charge in [0.25, 0.3) is 0 Å². The molecule has 2 rings (SSSR count). The lowest BCUT2D eigenvalue weighted by Crippen LogP contribution is -2.00. The van der Waals surface area contributed by atoms with Crippen LogP contribution >= 0.6 is 34.8 Å². The Labute approximate surface area is 122 Å². The molecule has 0 spiro atoms. The molecule has 1 N–H and O–H groups in total. The number of aromatic carboxylic acids is 1. The van der Waals surface area contributed by atoms with E-state index >= 15 is 0 Å². The predicted octanol–water partition coefficient (Wildman–Crippen LogP) is 3.93. The van der Waals surface area contributed by atoms with Crippen LogP contribution in [0.25, 0.3) is 0 Å². The maximum Gasteiger partial charge on any atom is 0.338 e. The van der Waals surface area contributed by atoms with Gasteiger partial charge in [0, 0.05) is 18.5 Å². The van der Waals surface area contributed by atoms with Crippen LogP contribution in [-0.4, -0.2) is 21.0 Å². The first kappa shape index (κ1) is 13.9. The third-order valence-electron chi connectivity index (χ3n) is 2.05. The summed E-state index contributed by atoms with van der Waals surface area (Å²) in [5.74, 6) is -0.904. The monoisotopic (exact) mass is 318 g/mol. The second kappa shape index (κ2) is 5.61. The molecule has 0 fully saturated rings. The minimum atomic E-state index is -1.13. The van der Waals surface area contributed by atoms with Gasteiger partial charge in [0.15, 0.2) is 5.75 Å². The number of carboxylic acid groups (broad SMARTS) is 1. The number of aromatic nitrogens is 2. The zero-order valence-corrected chi connectivity index (χ0v) is 11.4. The van der Waals surface area contributed by atoms with Crippen molar-refractivity contribution in [1.29, 1.82) is 0 Å². The zero-order valence-electron chi connectivity index (χ0n) is 9.10. The Morgan fingerprint density at radius 3 is 2.21 bits per heavy atom. The molecule has 0 atom stereocenters. The minimum Gasteiger partial charge on any atom is -0.478 e. The Morgan fingerprint density at radius 1 is 1.05 bits per heavy atom. The number of hydrogen-bond donors (Lipinski definition) is 1. The summed E-state index contributed by atoms with van der Waals surface area (Å²) < 4.78 is 5.29. The molecule has 1 aromatic heterocycles. The molecular formula is C11H5Cl3N2O3. The first-order chi connectivity index (χ1) is 8.97. The molecule has 2 aromatic rings. The van der Waals surface area contributed by atoms with Crippen molar-refractivity contribution in [2.75, 3.05) is 0 Å². The Kier molecular flexibility index (Phi) is 4.09. The highest BCUT2D eigenvalue weighted by atomic mass is 35.5. The molecule has 98 valence electrons. The predicted molar refractivity (Wildman–Crippen MR) is 70.5 cm³/mol. The van der Waals surface area contributed by atoms with Crippen LogP contribution in [0.3, 0.4) is 0 Å². The van der Waals surface area contributed by atoms with E-state index in [2.05, 4.69) is 9.97 Å². The number of ether oxygens (including phenoxy) is 1. The molecule has 0 aliphatic heterocycles. The van der Waals surface area contributed by atoms with Crippen molar-refractivity contribution in [3.63, 3.8) is 0 Å². The first-order valence-electron chi connectivity index (χ1n) is 4.85. The molecule has 0 saturated carbocycles. The van der Waals surface area contributed by atoms with E-state index in [9.17, 15) is 4.79 Å². The van der Waals surface area contributed by atoms with Gasteiger partial charge in [0.1, 0.15) is 0 Å². The molecule has 1 heterocycles. The normalized spacial score (nSPS) is 10.3. The van der Waals surface area contributed by atoms with Crippen molar-refractivity contribution >= 4 is 40.8 Å². The van der Waals surface area contributed by atoms with E-state index in [-0.39, 0.29) is 27.4 Å². The summed E-state index contributed by atoms with van der Waals surface area (Å²) in [5, 5.41) is 9.50. The highest BCUT2D eigenvalue weighted by Gasteiger charge is 2.10. The third-order valence-corrected chi connectivity index (χ3v) is 3.07. The van der Waals surface area contributed by atoms with Crippen molar-refractivity contribution in [3.8, 4) is 11.8 Å². The summed E-state index contributed by atoms with van der Waals surface area (Å²) in [6.07, 6.45) is 2.24. The zero-order chi connectivity index (χ0) is 14.0. The van der Waals surface area contributed by atoms with E-state index < -0.39 is 5.97 Å². The number of hydrogen-bond acceptors (Lipinski definition) is 4. The van der Waals surface area contributed by atoms with Crippen LogP contribution in [0.2, 0.25) is 15.1 Å². The number of nitrogens with zero attached hydrogens (tertiary/aromatic N) is 2. The molecule has 0 radical (unpaired) electrons. The fourth-order valence-corrected chi connectivity index (χ4v) is 1.74. The molecule has 0 amide bonds. The third kappa shape index (κ3) is 3.26. The fourth-order valence-electron chi connectivity index (χ4n) is 1.16. The molecule has 0 aliphatic carbocycles. The van der Waals surface area contributed by atoms with Crippen molar-refractivity contribution in [1.82, 2.24) is 9.97 Å². The SMILES string of the molecule is O=C(O)c1cnc(Oc2cc(Cl)c(Cl)cc2Cl)nc1. The van der Waals surface area contributed by atoms with E-state index in [1.807, 2.05) is 0 Å². The molecule has 5 nitrogen and oxygen atoms in total. The lowest BCUT2D eigenvalue weighted by Gasteiger charge is -2.07. The maximum atomic E-state index is 10.6. The maximum absolute atomic E-state index is 10.6. The van der Waals surface area contributed by atoms with Gasteiger partial charge in [0.2, 0.25) is 0 Å². The van der Waals surface area contributed by atoms with E-state index in [0.29, 0.717) is 5.02 Å². The molecule has 0 saturated heterocycles. The second-order valence-corrected chi connectivity index (χ2v) is 4.58. The summed E-state index contributed by atoms with van der Waals surface area (Å²) in [4.78, 5) is 18.1. The lowest BCUT2D eigenvalue weighted by atomic mass is 10.3. The number of benzene rings is 1.